The summed E-state index contributed by atoms with van der Waals surface area (Å²) in [6.45, 7) is 4.23. The normalized spacial score (nSPS) is 14.4. The van der Waals surface area contributed by atoms with Crippen LogP contribution in [0.2, 0.25) is 0 Å². The van der Waals surface area contributed by atoms with Gasteiger partial charge in [0, 0.05) is 18.7 Å². The van der Waals surface area contributed by atoms with Crippen molar-refractivity contribution in [3.05, 3.63) is 59.7 Å². The van der Waals surface area contributed by atoms with E-state index < -0.39 is 0 Å². The summed E-state index contributed by atoms with van der Waals surface area (Å²) in [6, 6.07) is 12.5. The molecule has 0 unspecified atom stereocenters. The fourth-order valence-electron chi connectivity index (χ4n) is 3.08. The third kappa shape index (κ3) is 3.49. The van der Waals surface area contributed by atoms with Crippen LogP contribution in [0, 0.1) is 12.8 Å². The Bertz CT molecular complexity index is 822. The number of hydrogen-bond donors (Lipinski definition) is 0. The monoisotopic (exact) mass is 321 g/mol. The van der Waals surface area contributed by atoms with Gasteiger partial charge in [-0.05, 0) is 37.3 Å². The molecule has 0 aliphatic heterocycles. The van der Waals surface area contributed by atoms with E-state index in [4.69, 9.17) is 9.72 Å². The van der Waals surface area contributed by atoms with Gasteiger partial charge in [-0.25, -0.2) is 4.98 Å². The van der Waals surface area contributed by atoms with E-state index in [0.717, 1.165) is 30.1 Å². The van der Waals surface area contributed by atoms with Gasteiger partial charge in [0.25, 0.3) is 0 Å². The number of fused-ring (bicyclic) bond motifs is 1. The van der Waals surface area contributed by atoms with Crippen LogP contribution in [0.4, 0.5) is 0 Å². The Morgan fingerprint density at radius 2 is 2.04 bits per heavy atom. The maximum atomic E-state index is 5.88. The summed E-state index contributed by atoms with van der Waals surface area (Å²) >= 11 is 0. The summed E-state index contributed by atoms with van der Waals surface area (Å²) < 4.78 is 8.21. The highest BCUT2D eigenvalue weighted by molar-refractivity contribution is 5.75. The zero-order chi connectivity index (χ0) is 16.4. The van der Waals surface area contributed by atoms with Crippen molar-refractivity contribution >= 4 is 11.0 Å². The van der Waals surface area contributed by atoms with Gasteiger partial charge in [0.05, 0.1) is 24.9 Å². The zero-order valence-corrected chi connectivity index (χ0v) is 14.1. The molecule has 4 nitrogen and oxygen atoms in total. The molecule has 0 bridgehead atoms. The van der Waals surface area contributed by atoms with Crippen LogP contribution in [-0.4, -0.2) is 21.1 Å². The van der Waals surface area contributed by atoms with Crippen LogP contribution in [0.5, 0.6) is 0 Å². The minimum atomic E-state index is 0.659. The minimum Gasteiger partial charge on any atom is -0.375 e. The highest BCUT2D eigenvalue weighted by Crippen LogP contribution is 2.33. The Hall–Kier alpha value is -2.20. The lowest BCUT2D eigenvalue weighted by Crippen LogP contribution is -2.10. The molecule has 2 heterocycles. The molecule has 24 heavy (non-hydrogen) atoms. The molecule has 1 aliphatic rings. The standard InChI is InChI=1S/C20H23N3O/c1-15-11-19-18(13-21-15)22-20(12-16-7-8-16)23(19)9-10-24-14-17-5-3-2-4-6-17/h2-6,11,13,16H,7-10,12,14H2,1H3. The molecule has 0 amide bonds. The average molecular weight is 321 g/mol. The number of ether oxygens (including phenoxy) is 1. The van der Waals surface area contributed by atoms with E-state index in [1.165, 1.54) is 29.7 Å². The lowest BCUT2D eigenvalue weighted by atomic mass is 10.2. The molecule has 2 aromatic heterocycles. The smallest absolute Gasteiger partial charge is 0.110 e. The van der Waals surface area contributed by atoms with Crippen molar-refractivity contribution < 1.29 is 4.74 Å². The lowest BCUT2D eigenvalue weighted by Gasteiger charge is -2.10. The van der Waals surface area contributed by atoms with Crippen LogP contribution >= 0.6 is 0 Å². The van der Waals surface area contributed by atoms with Crippen LogP contribution < -0.4 is 0 Å². The molecular formula is C20H23N3O. The van der Waals surface area contributed by atoms with E-state index in [0.29, 0.717) is 13.2 Å². The van der Waals surface area contributed by atoms with Gasteiger partial charge >= 0.3 is 0 Å². The second-order valence-electron chi connectivity index (χ2n) is 6.68. The van der Waals surface area contributed by atoms with Gasteiger partial charge < -0.3 is 9.30 Å². The fraction of sp³-hybridized carbons (Fsp3) is 0.400. The summed E-state index contributed by atoms with van der Waals surface area (Å²) in [4.78, 5) is 9.20. The molecule has 1 saturated carbocycles. The number of aryl methyl sites for hydroxylation is 1. The van der Waals surface area contributed by atoms with Gasteiger partial charge in [0.2, 0.25) is 0 Å². The van der Waals surface area contributed by atoms with E-state index in [2.05, 4.69) is 27.8 Å². The van der Waals surface area contributed by atoms with Crippen LogP contribution in [0.3, 0.4) is 0 Å². The minimum absolute atomic E-state index is 0.659. The van der Waals surface area contributed by atoms with Crippen molar-refractivity contribution in [3.8, 4) is 0 Å². The molecule has 0 N–H and O–H groups in total. The number of nitrogens with zero attached hydrogens (tertiary/aromatic N) is 3. The van der Waals surface area contributed by atoms with Crippen LogP contribution in [-0.2, 0) is 24.3 Å². The topological polar surface area (TPSA) is 39.9 Å². The van der Waals surface area contributed by atoms with Gasteiger partial charge in [-0.1, -0.05) is 30.3 Å². The summed E-state index contributed by atoms with van der Waals surface area (Å²) in [7, 11) is 0. The van der Waals surface area contributed by atoms with Crippen LogP contribution in [0.1, 0.15) is 29.9 Å². The molecule has 1 fully saturated rings. The first-order valence-corrected chi connectivity index (χ1v) is 8.73. The molecule has 124 valence electrons. The Balaban J connectivity index is 1.47. The highest BCUT2D eigenvalue weighted by Gasteiger charge is 2.24. The van der Waals surface area contributed by atoms with E-state index in [1.54, 1.807) is 0 Å². The maximum absolute atomic E-state index is 5.88. The molecule has 0 atom stereocenters. The Morgan fingerprint density at radius 1 is 1.21 bits per heavy atom. The molecule has 1 aliphatic carbocycles. The number of hydrogen-bond acceptors (Lipinski definition) is 3. The first-order chi connectivity index (χ1) is 11.8. The van der Waals surface area contributed by atoms with Gasteiger partial charge in [0.15, 0.2) is 0 Å². The summed E-state index contributed by atoms with van der Waals surface area (Å²) in [6.07, 6.45) is 5.64. The average Bonchev–Trinajstić information content (AvgIpc) is 3.35. The third-order valence-corrected chi connectivity index (χ3v) is 4.59. The Labute approximate surface area is 142 Å². The summed E-state index contributed by atoms with van der Waals surface area (Å²) in [5.74, 6) is 2.00. The highest BCUT2D eigenvalue weighted by atomic mass is 16.5. The Morgan fingerprint density at radius 3 is 2.83 bits per heavy atom. The molecule has 0 radical (unpaired) electrons. The van der Waals surface area contributed by atoms with E-state index in [-0.39, 0.29) is 0 Å². The van der Waals surface area contributed by atoms with Crippen molar-refractivity contribution in [1.29, 1.82) is 0 Å². The zero-order valence-electron chi connectivity index (χ0n) is 14.1. The van der Waals surface area contributed by atoms with Gasteiger partial charge in [0.1, 0.15) is 11.3 Å². The third-order valence-electron chi connectivity index (χ3n) is 4.59. The van der Waals surface area contributed by atoms with E-state index in [1.807, 2.05) is 31.3 Å². The van der Waals surface area contributed by atoms with Gasteiger partial charge in [-0.3, -0.25) is 4.98 Å². The molecule has 1 aromatic carbocycles. The van der Waals surface area contributed by atoms with Crippen molar-refractivity contribution in [2.24, 2.45) is 5.92 Å². The van der Waals surface area contributed by atoms with Crippen molar-refractivity contribution in [3.63, 3.8) is 0 Å². The SMILES string of the molecule is Cc1cc2c(cn1)nc(CC1CC1)n2CCOCc1ccccc1. The first-order valence-electron chi connectivity index (χ1n) is 8.73. The van der Waals surface area contributed by atoms with Gasteiger partial charge in [-0.15, -0.1) is 0 Å². The van der Waals surface area contributed by atoms with E-state index >= 15 is 0 Å². The molecule has 4 heteroatoms. The first kappa shape index (κ1) is 15.3. The van der Waals surface area contributed by atoms with Crippen molar-refractivity contribution in [2.75, 3.05) is 6.61 Å². The lowest BCUT2D eigenvalue weighted by molar-refractivity contribution is 0.113. The summed E-state index contributed by atoms with van der Waals surface area (Å²) in [5.41, 5.74) is 4.43. The quantitative estimate of drug-likeness (QED) is 0.619. The molecular weight excluding hydrogens is 298 g/mol. The van der Waals surface area contributed by atoms with Gasteiger partial charge in [-0.2, -0.15) is 0 Å². The molecule has 3 aromatic rings. The molecule has 0 saturated heterocycles. The second kappa shape index (κ2) is 6.73. The maximum Gasteiger partial charge on any atom is 0.110 e. The van der Waals surface area contributed by atoms with Crippen LogP contribution in [0.15, 0.2) is 42.6 Å². The number of rotatable bonds is 7. The van der Waals surface area contributed by atoms with Crippen molar-refractivity contribution in [2.45, 2.75) is 39.3 Å². The largest absolute Gasteiger partial charge is 0.375 e. The predicted octanol–water partition coefficient (Wildman–Crippen LogP) is 3.91. The molecule has 0 spiro atoms. The van der Waals surface area contributed by atoms with Crippen LogP contribution in [0.25, 0.3) is 11.0 Å². The number of pyridine rings is 1. The van der Waals surface area contributed by atoms with Crippen molar-refractivity contribution in [1.82, 2.24) is 14.5 Å². The number of aromatic nitrogens is 3. The second-order valence-corrected chi connectivity index (χ2v) is 6.68. The number of benzene rings is 1. The fourth-order valence-corrected chi connectivity index (χ4v) is 3.08. The van der Waals surface area contributed by atoms with E-state index in [9.17, 15) is 0 Å². The molecule has 4 rings (SSSR count). The predicted molar refractivity (Wildman–Crippen MR) is 94.8 cm³/mol. The number of imidazole rings is 1. The summed E-state index contributed by atoms with van der Waals surface area (Å²) in [5, 5.41) is 0. The Kier molecular flexibility index (Phi) is 4.30.